The molecule has 2 rings (SSSR count). The fourth-order valence-corrected chi connectivity index (χ4v) is 3.71. The molecule has 3 unspecified atom stereocenters. The Kier molecular flexibility index (Phi) is 16.1. The molecule has 0 saturated carbocycles. The smallest absolute Gasteiger partial charge is 0.243 e. The summed E-state index contributed by atoms with van der Waals surface area (Å²) in [5.74, 6) is 4.68. The van der Waals surface area contributed by atoms with Crippen LogP contribution in [0.3, 0.4) is 0 Å². The number of rotatable bonds is 8. The highest BCUT2D eigenvalue weighted by Crippen LogP contribution is 2.23. The SMILES string of the molecule is CC(C)C.CC(C)C(C(=O)N(C)CC(=O)N1CC(C=O)CC1C#N)/C(N)=C/N(C)N.CNc1ccccc1. The van der Waals surface area contributed by atoms with Gasteiger partial charge < -0.3 is 30.7 Å². The van der Waals surface area contributed by atoms with Gasteiger partial charge >= 0.3 is 0 Å². The molecule has 1 fully saturated rings. The number of hydrogen-bond donors (Lipinski definition) is 3. The molecule has 0 spiro atoms. The number of carbonyl (C=O) groups excluding carboxylic acids is 3. The van der Waals surface area contributed by atoms with Gasteiger partial charge in [-0.2, -0.15) is 5.26 Å². The van der Waals surface area contributed by atoms with Gasteiger partial charge in [-0.3, -0.25) is 9.59 Å². The summed E-state index contributed by atoms with van der Waals surface area (Å²) in [6, 6.07) is 11.5. The highest BCUT2D eigenvalue weighted by molar-refractivity contribution is 5.87. The molecule has 1 heterocycles. The summed E-state index contributed by atoms with van der Waals surface area (Å²) in [5.41, 5.74) is 7.48. The number of hydrogen-bond acceptors (Lipinski definition) is 8. The van der Waals surface area contributed by atoms with E-state index in [0.29, 0.717) is 12.1 Å². The van der Waals surface area contributed by atoms with E-state index < -0.39 is 12.0 Å². The van der Waals surface area contributed by atoms with E-state index >= 15 is 0 Å². The predicted octanol–water partition coefficient (Wildman–Crippen LogP) is 2.65. The van der Waals surface area contributed by atoms with Crippen molar-refractivity contribution in [2.24, 2.45) is 35.2 Å². The molecule has 1 aromatic rings. The molecule has 1 aliphatic rings. The first-order valence-electron chi connectivity index (χ1n) is 12.9. The first-order chi connectivity index (χ1) is 17.8. The number of benzene rings is 1. The Hall–Kier alpha value is -3.58. The van der Waals surface area contributed by atoms with Gasteiger partial charge in [-0.05, 0) is 30.4 Å². The standard InChI is InChI=1S/C17H28N6O3.C7H9N.C4H10/c1-11(2)16(14(19)8-22(4)20)17(26)21(3)9-15(25)23-7-12(10-24)5-13(23)6-18;1-8-7-5-3-2-4-6-7;1-4(2)3/h8,10-13,16H,5,7,9,19-20H2,1-4H3;2-6,8H,1H3;4H,1-3H3/b14-8-;;. The molecule has 0 radical (unpaired) electrons. The number of nitrogens with two attached hydrogens (primary N) is 2. The summed E-state index contributed by atoms with van der Waals surface area (Å²) in [4.78, 5) is 38.9. The summed E-state index contributed by atoms with van der Waals surface area (Å²) in [7, 11) is 5.03. The van der Waals surface area contributed by atoms with E-state index in [-0.39, 0.29) is 36.7 Å². The van der Waals surface area contributed by atoms with Crippen molar-refractivity contribution in [3.05, 3.63) is 42.2 Å². The number of aldehydes is 1. The van der Waals surface area contributed by atoms with Crippen LogP contribution in [-0.2, 0) is 14.4 Å². The molecule has 10 heteroatoms. The van der Waals surface area contributed by atoms with E-state index in [1.165, 1.54) is 28.1 Å². The molecule has 0 aromatic heterocycles. The van der Waals surface area contributed by atoms with Crippen LogP contribution in [0.15, 0.2) is 42.2 Å². The van der Waals surface area contributed by atoms with Crippen LogP contribution in [0, 0.1) is 35.0 Å². The Morgan fingerprint density at radius 1 is 1.18 bits per heavy atom. The zero-order chi connectivity index (χ0) is 29.4. The maximum Gasteiger partial charge on any atom is 0.243 e. The summed E-state index contributed by atoms with van der Waals surface area (Å²) < 4.78 is 0. The number of carbonyl (C=O) groups is 3. The molecule has 0 bridgehead atoms. The number of hydrazine groups is 1. The second kappa shape index (κ2) is 17.8. The van der Waals surface area contributed by atoms with Crippen molar-refractivity contribution in [1.29, 1.82) is 5.26 Å². The van der Waals surface area contributed by atoms with Gasteiger partial charge in [-0.15, -0.1) is 0 Å². The van der Waals surface area contributed by atoms with Crippen molar-refractivity contribution in [3.8, 4) is 6.07 Å². The van der Waals surface area contributed by atoms with E-state index in [1.54, 1.807) is 7.05 Å². The van der Waals surface area contributed by atoms with Gasteiger partial charge in [0.15, 0.2) is 0 Å². The van der Waals surface area contributed by atoms with Crippen LogP contribution >= 0.6 is 0 Å². The number of nitrogens with one attached hydrogen (secondary N) is 1. The van der Waals surface area contributed by atoms with Crippen molar-refractivity contribution < 1.29 is 14.4 Å². The number of anilines is 1. The molecule has 212 valence electrons. The Balaban J connectivity index is 0.000000933. The molecule has 1 aromatic carbocycles. The van der Waals surface area contributed by atoms with Crippen LogP contribution in [-0.4, -0.2) is 73.2 Å². The molecule has 10 nitrogen and oxygen atoms in total. The average Bonchev–Trinajstić information content (AvgIpc) is 3.28. The Morgan fingerprint density at radius 3 is 2.13 bits per heavy atom. The van der Waals surface area contributed by atoms with Crippen LogP contribution < -0.4 is 16.9 Å². The van der Waals surface area contributed by atoms with Crippen molar-refractivity contribution in [3.63, 3.8) is 0 Å². The highest BCUT2D eigenvalue weighted by Gasteiger charge is 2.36. The molecule has 2 amide bonds. The molecular formula is C28H47N7O3. The third-order valence-electron chi connectivity index (χ3n) is 5.45. The van der Waals surface area contributed by atoms with E-state index in [4.69, 9.17) is 11.6 Å². The number of para-hydroxylation sites is 1. The van der Waals surface area contributed by atoms with Crippen molar-refractivity contribution >= 4 is 23.8 Å². The molecule has 1 saturated heterocycles. The lowest BCUT2D eigenvalue weighted by molar-refractivity contribution is -0.141. The minimum Gasteiger partial charge on any atom is -0.400 e. The molecular weight excluding hydrogens is 482 g/mol. The zero-order valence-electron chi connectivity index (χ0n) is 24.2. The van der Waals surface area contributed by atoms with Gasteiger partial charge in [0.05, 0.1) is 18.5 Å². The normalized spacial score (nSPS) is 17.3. The molecule has 0 aliphatic carbocycles. The van der Waals surface area contributed by atoms with Crippen molar-refractivity contribution in [2.75, 3.05) is 39.5 Å². The van der Waals surface area contributed by atoms with E-state index in [0.717, 1.165) is 17.9 Å². The number of likely N-dealkylation sites (N-methyl/N-ethyl adjacent to an activating group) is 1. The third-order valence-corrected chi connectivity index (χ3v) is 5.45. The molecule has 3 atom stereocenters. The summed E-state index contributed by atoms with van der Waals surface area (Å²) in [6.45, 7) is 10.2. The molecule has 1 aliphatic heterocycles. The summed E-state index contributed by atoms with van der Waals surface area (Å²) in [6.07, 6.45) is 2.56. The van der Waals surface area contributed by atoms with Crippen LogP contribution in [0.4, 0.5) is 5.69 Å². The van der Waals surface area contributed by atoms with Crippen LogP contribution in [0.25, 0.3) is 0 Å². The minimum atomic E-state index is -0.641. The van der Waals surface area contributed by atoms with E-state index in [1.807, 2.05) is 57.3 Å². The van der Waals surface area contributed by atoms with Crippen molar-refractivity contribution in [2.45, 2.75) is 47.1 Å². The fourth-order valence-electron chi connectivity index (χ4n) is 3.71. The van der Waals surface area contributed by atoms with Gasteiger partial charge in [0, 0.05) is 51.2 Å². The number of nitriles is 1. The fraction of sp³-hybridized carbons (Fsp3) is 0.571. The largest absolute Gasteiger partial charge is 0.400 e. The maximum absolute atomic E-state index is 12.8. The van der Waals surface area contributed by atoms with Crippen LogP contribution in [0.1, 0.15) is 41.0 Å². The van der Waals surface area contributed by atoms with E-state index in [2.05, 4.69) is 26.1 Å². The first kappa shape index (κ1) is 34.4. The lowest BCUT2D eigenvalue weighted by Crippen LogP contribution is -2.46. The number of amides is 2. The second-order valence-corrected chi connectivity index (χ2v) is 10.4. The maximum atomic E-state index is 12.8. The average molecular weight is 530 g/mol. The predicted molar refractivity (Wildman–Crippen MR) is 152 cm³/mol. The van der Waals surface area contributed by atoms with Gasteiger partial charge in [0.1, 0.15) is 12.3 Å². The topological polar surface area (TPSA) is 149 Å². The highest BCUT2D eigenvalue weighted by atomic mass is 16.2. The number of nitrogens with zero attached hydrogens (tertiary/aromatic N) is 4. The minimum absolute atomic E-state index is 0.0886. The first-order valence-corrected chi connectivity index (χ1v) is 12.9. The van der Waals surface area contributed by atoms with E-state index in [9.17, 15) is 19.6 Å². The Morgan fingerprint density at radius 2 is 1.74 bits per heavy atom. The van der Waals surface area contributed by atoms with Crippen molar-refractivity contribution in [1.82, 2.24) is 14.8 Å². The molecule has 38 heavy (non-hydrogen) atoms. The second-order valence-electron chi connectivity index (χ2n) is 10.4. The van der Waals surface area contributed by atoms with Gasteiger partial charge in [-0.25, -0.2) is 5.84 Å². The summed E-state index contributed by atoms with van der Waals surface area (Å²) in [5, 5.41) is 13.5. The van der Waals surface area contributed by atoms with Crippen LogP contribution in [0.2, 0.25) is 0 Å². The van der Waals surface area contributed by atoms with Gasteiger partial charge in [0.25, 0.3) is 0 Å². The Labute approximate surface area is 228 Å². The number of likely N-dealkylation sites (tertiary alicyclic amines) is 1. The quantitative estimate of drug-likeness (QED) is 0.264. The lowest BCUT2D eigenvalue weighted by atomic mass is 9.91. The van der Waals surface area contributed by atoms with Crippen LogP contribution in [0.5, 0.6) is 0 Å². The summed E-state index contributed by atoms with van der Waals surface area (Å²) >= 11 is 0. The third kappa shape index (κ3) is 12.6. The Bertz CT molecular complexity index is 923. The zero-order valence-corrected chi connectivity index (χ0v) is 24.2. The lowest BCUT2D eigenvalue weighted by Gasteiger charge is -2.28. The molecule has 5 N–H and O–H groups in total. The monoisotopic (exact) mass is 529 g/mol. The van der Waals surface area contributed by atoms with Gasteiger partial charge in [-0.1, -0.05) is 52.8 Å². The van der Waals surface area contributed by atoms with Gasteiger partial charge in [0.2, 0.25) is 11.8 Å².